The number of rotatable bonds is 8. The highest BCUT2D eigenvalue weighted by Crippen LogP contribution is 2.30. The smallest absolute Gasteiger partial charge is 0.320 e. The van der Waals surface area contributed by atoms with Crippen molar-refractivity contribution in [2.24, 2.45) is 23.7 Å². The second-order valence-corrected chi connectivity index (χ2v) is 5.52. The number of carbonyl (C=O) groups excluding carboxylic acids is 2. The van der Waals surface area contributed by atoms with Gasteiger partial charge in [-0.3, -0.25) is 9.59 Å². The van der Waals surface area contributed by atoms with Crippen LogP contribution >= 0.6 is 0 Å². The molecule has 112 valence electrons. The van der Waals surface area contributed by atoms with Crippen LogP contribution in [0.25, 0.3) is 0 Å². The summed E-state index contributed by atoms with van der Waals surface area (Å²) in [7, 11) is 0. The van der Waals surface area contributed by atoms with Crippen molar-refractivity contribution in [2.75, 3.05) is 13.2 Å². The molecule has 0 aromatic carbocycles. The molecule has 4 nitrogen and oxygen atoms in total. The highest BCUT2D eigenvalue weighted by atomic mass is 16.6. The van der Waals surface area contributed by atoms with Crippen molar-refractivity contribution in [3.63, 3.8) is 0 Å². The number of ether oxygens (including phenoxy) is 2. The quantitative estimate of drug-likeness (QED) is 0.503. The van der Waals surface area contributed by atoms with Gasteiger partial charge in [0.2, 0.25) is 0 Å². The van der Waals surface area contributed by atoms with Crippen LogP contribution in [0.3, 0.4) is 0 Å². The Bertz CT molecular complexity index is 266. The van der Waals surface area contributed by atoms with Gasteiger partial charge in [0.1, 0.15) is 0 Å². The Morgan fingerprint density at radius 2 is 1.32 bits per heavy atom. The number of hydrogen-bond acceptors (Lipinski definition) is 4. The first-order chi connectivity index (χ1) is 8.84. The monoisotopic (exact) mass is 272 g/mol. The Morgan fingerprint density at radius 3 is 1.58 bits per heavy atom. The molecule has 0 rings (SSSR count). The van der Waals surface area contributed by atoms with E-state index in [0.717, 1.165) is 6.42 Å². The number of carbonyl (C=O) groups is 2. The molecule has 0 heterocycles. The fourth-order valence-corrected chi connectivity index (χ4v) is 2.25. The summed E-state index contributed by atoms with van der Waals surface area (Å²) in [5.41, 5.74) is 0. The normalized spacial score (nSPS) is 12.9. The molecule has 4 heteroatoms. The minimum Gasteiger partial charge on any atom is -0.465 e. The zero-order valence-corrected chi connectivity index (χ0v) is 13.1. The van der Waals surface area contributed by atoms with Gasteiger partial charge in [0.15, 0.2) is 5.92 Å². The fourth-order valence-electron chi connectivity index (χ4n) is 2.25. The molecule has 0 radical (unpaired) electrons. The Balaban J connectivity index is 5.14. The third-order valence-electron chi connectivity index (χ3n) is 3.11. The summed E-state index contributed by atoms with van der Waals surface area (Å²) in [4.78, 5) is 24.1. The van der Waals surface area contributed by atoms with Crippen molar-refractivity contribution in [3.8, 4) is 0 Å². The van der Waals surface area contributed by atoms with Crippen molar-refractivity contribution >= 4 is 11.9 Å². The zero-order valence-electron chi connectivity index (χ0n) is 13.1. The minimum absolute atomic E-state index is 0.0434. The highest BCUT2D eigenvalue weighted by molar-refractivity contribution is 5.95. The van der Waals surface area contributed by atoms with Crippen LogP contribution < -0.4 is 0 Å². The Kier molecular flexibility index (Phi) is 8.44. The molecule has 1 atom stereocenters. The van der Waals surface area contributed by atoms with Gasteiger partial charge < -0.3 is 9.47 Å². The first-order valence-electron chi connectivity index (χ1n) is 7.18. The SMILES string of the molecule is CCOC(=O)C(C(=O)OCC)C(CC(C)C)C(C)C. The summed E-state index contributed by atoms with van der Waals surface area (Å²) >= 11 is 0. The molecule has 0 amide bonds. The van der Waals surface area contributed by atoms with Crippen molar-refractivity contribution < 1.29 is 19.1 Å². The van der Waals surface area contributed by atoms with Gasteiger partial charge >= 0.3 is 11.9 Å². The van der Waals surface area contributed by atoms with Gasteiger partial charge in [-0.25, -0.2) is 0 Å². The molecule has 0 saturated carbocycles. The molecule has 0 bridgehead atoms. The van der Waals surface area contributed by atoms with E-state index in [2.05, 4.69) is 13.8 Å². The maximum atomic E-state index is 12.1. The van der Waals surface area contributed by atoms with Crippen molar-refractivity contribution in [2.45, 2.75) is 48.0 Å². The van der Waals surface area contributed by atoms with Crippen molar-refractivity contribution in [3.05, 3.63) is 0 Å². The molecule has 0 aromatic heterocycles. The van der Waals surface area contributed by atoms with E-state index in [4.69, 9.17) is 9.47 Å². The van der Waals surface area contributed by atoms with E-state index < -0.39 is 17.9 Å². The second kappa shape index (κ2) is 8.94. The van der Waals surface area contributed by atoms with E-state index >= 15 is 0 Å². The van der Waals surface area contributed by atoms with Gasteiger partial charge in [0.25, 0.3) is 0 Å². The lowest BCUT2D eigenvalue weighted by Gasteiger charge is -2.28. The predicted octanol–water partition coefficient (Wildman–Crippen LogP) is 3.05. The number of esters is 2. The van der Waals surface area contributed by atoms with Crippen LogP contribution in [-0.2, 0) is 19.1 Å². The summed E-state index contributed by atoms with van der Waals surface area (Å²) in [5, 5.41) is 0. The fraction of sp³-hybridized carbons (Fsp3) is 0.867. The third kappa shape index (κ3) is 6.08. The average molecular weight is 272 g/mol. The molecule has 0 fully saturated rings. The summed E-state index contributed by atoms with van der Waals surface area (Å²) in [5.74, 6) is -1.12. The largest absolute Gasteiger partial charge is 0.465 e. The molecule has 19 heavy (non-hydrogen) atoms. The second-order valence-electron chi connectivity index (χ2n) is 5.52. The minimum atomic E-state index is -0.803. The molecule has 0 aliphatic heterocycles. The van der Waals surface area contributed by atoms with Crippen LogP contribution in [-0.4, -0.2) is 25.2 Å². The molecule has 0 N–H and O–H groups in total. The molecule has 0 aromatic rings. The first kappa shape index (κ1) is 17.9. The standard InChI is InChI=1S/C15H28O4/c1-7-18-14(16)13(15(17)19-8-2)12(11(5)6)9-10(3)4/h10-13H,7-9H2,1-6H3. The lowest BCUT2D eigenvalue weighted by molar-refractivity contribution is -0.165. The van der Waals surface area contributed by atoms with Gasteiger partial charge in [0, 0.05) is 0 Å². The summed E-state index contributed by atoms with van der Waals surface area (Å²) in [6.07, 6.45) is 0.806. The van der Waals surface area contributed by atoms with Crippen molar-refractivity contribution in [1.29, 1.82) is 0 Å². The molecule has 0 spiro atoms. The molecular weight excluding hydrogens is 244 g/mol. The Labute approximate surface area is 116 Å². The molecule has 0 aliphatic rings. The lowest BCUT2D eigenvalue weighted by atomic mass is 9.78. The van der Waals surface area contributed by atoms with Gasteiger partial charge in [-0.05, 0) is 38.0 Å². The Hall–Kier alpha value is -1.06. The van der Waals surface area contributed by atoms with E-state index in [9.17, 15) is 9.59 Å². The summed E-state index contributed by atoms with van der Waals surface area (Å²) < 4.78 is 10.1. The van der Waals surface area contributed by atoms with Crippen molar-refractivity contribution in [1.82, 2.24) is 0 Å². The highest BCUT2D eigenvalue weighted by Gasteiger charge is 2.39. The third-order valence-corrected chi connectivity index (χ3v) is 3.11. The maximum Gasteiger partial charge on any atom is 0.320 e. The topological polar surface area (TPSA) is 52.6 Å². The first-order valence-corrected chi connectivity index (χ1v) is 7.18. The molecular formula is C15H28O4. The molecule has 0 saturated heterocycles. The summed E-state index contributed by atoms with van der Waals surface area (Å²) in [6, 6.07) is 0. The van der Waals surface area contributed by atoms with Gasteiger partial charge in [-0.1, -0.05) is 27.7 Å². The lowest BCUT2D eigenvalue weighted by Crippen LogP contribution is -2.37. The zero-order chi connectivity index (χ0) is 15.0. The number of hydrogen-bond donors (Lipinski definition) is 0. The van der Waals surface area contributed by atoms with Gasteiger partial charge in [0.05, 0.1) is 13.2 Å². The van der Waals surface area contributed by atoms with Crippen LogP contribution in [0.15, 0.2) is 0 Å². The van der Waals surface area contributed by atoms with Crippen LogP contribution in [0.2, 0.25) is 0 Å². The van der Waals surface area contributed by atoms with Crippen LogP contribution in [0.4, 0.5) is 0 Å². The maximum absolute atomic E-state index is 12.1. The van der Waals surface area contributed by atoms with Crippen LogP contribution in [0.5, 0.6) is 0 Å². The van der Waals surface area contributed by atoms with Gasteiger partial charge in [-0.2, -0.15) is 0 Å². The Morgan fingerprint density at radius 1 is 0.895 bits per heavy atom. The van der Waals surface area contributed by atoms with Gasteiger partial charge in [-0.15, -0.1) is 0 Å². The van der Waals surface area contributed by atoms with Crippen LogP contribution in [0, 0.1) is 23.7 Å². The van der Waals surface area contributed by atoms with Crippen LogP contribution in [0.1, 0.15) is 48.0 Å². The summed E-state index contributed by atoms with van der Waals surface area (Å²) in [6.45, 7) is 12.3. The van der Waals surface area contributed by atoms with E-state index in [1.807, 2.05) is 13.8 Å². The average Bonchev–Trinajstić information content (AvgIpc) is 2.28. The van der Waals surface area contributed by atoms with E-state index in [0.29, 0.717) is 5.92 Å². The predicted molar refractivity (Wildman–Crippen MR) is 74.5 cm³/mol. The molecule has 0 aliphatic carbocycles. The van der Waals surface area contributed by atoms with E-state index in [1.165, 1.54) is 0 Å². The van der Waals surface area contributed by atoms with E-state index in [-0.39, 0.29) is 25.0 Å². The molecule has 1 unspecified atom stereocenters. The van der Waals surface area contributed by atoms with E-state index in [1.54, 1.807) is 13.8 Å².